The second-order valence-corrected chi connectivity index (χ2v) is 6.12. The van der Waals surface area contributed by atoms with Gasteiger partial charge in [0.15, 0.2) is 0 Å². The highest BCUT2D eigenvalue weighted by Crippen LogP contribution is 2.56. The van der Waals surface area contributed by atoms with Crippen LogP contribution in [0.3, 0.4) is 0 Å². The molecule has 0 amide bonds. The summed E-state index contributed by atoms with van der Waals surface area (Å²) in [7, 11) is -3.11. The summed E-state index contributed by atoms with van der Waals surface area (Å²) in [4.78, 5) is 0. The smallest absolute Gasteiger partial charge is 0.185 e. The molecule has 0 N–H and O–H groups in total. The first-order chi connectivity index (χ1) is 6.54. The predicted octanol–water partition coefficient (Wildman–Crippen LogP) is 4.20. The highest BCUT2D eigenvalue weighted by molar-refractivity contribution is 8.38. The van der Waals surface area contributed by atoms with E-state index in [1.807, 2.05) is 0 Å². The quantitative estimate of drug-likeness (QED) is 0.658. The third kappa shape index (κ3) is 5.76. The van der Waals surface area contributed by atoms with Crippen molar-refractivity contribution in [2.24, 2.45) is 0 Å². The lowest BCUT2D eigenvalue weighted by atomic mass is 10.8. The molecule has 0 aliphatic carbocycles. The Morgan fingerprint density at radius 1 is 0.800 bits per heavy atom. The Bertz CT molecular complexity index is 212. The van der Waals surface area contributed by atoms with Gasteiger partial charge in [0.25, 0.3) is 0 Å². The topological polar surface area (TPSA) is 0 Å². The summed E-state index contributed by atoms with van der Waals surface area (Å²) in [5.74, 6) is -3.04. The number of halogens is 6. The van der Waals surface area contributed by atoms with Crippen LogP contribution in [0.5, 0.6) is 0 Å². The van der Waals surface area contributed by atoms with Crippen molar-refractivity contribution in [3.8, 4) is 0 Å². The molecule has 0 aromatic carbocycles. The zero-order chi connectivity index (χ0) is 12.3. The Morgan fingerprint density at radius 2 is 1.07 bits per heavy atom. The maximum Gasteiger partial charge on any atom is 0.396 e. The minimum atomic E-state index is -4.65. The maximum absolute atomic E-state index is 12.1. The van der Waals surface area contributed by atoms with E-state index >= 15 is 0 Å². The molecule has 0 aliphatic heterocycles. The zero-order valence-corrected chi connectivity index (χ0v) is 8.48. The molecule has 0 spiro atoms. The fourth-order valence-electron chi connectivity index (χ4n) is 0.964. The van der Waals surface area contributed by atoms with Crippen LogP contribution in [-0.4, -0.2) is 23.9 Å². The summed E-state index contributed by atoms with van der Waals surface area (Å²) < 4.78 is 72.3. The zero-order valence-electron chi connectivity index (χ0n) is 7.66. The molecule has 0 aromatic heterocycles. The van der Waals surface area contributed by atoms with Crippen molar-refractivity contribution in [3.05, 3.63) is 24.0 Å². The van der Waals surface area contributed by atoms with Gasteiger partial charge < -0.3 is 0 Å². The first-order valence-corrected chi connectivity index (χ1v) is 5.80. The van der Waals surface area contributed by atoms with E-state index in [2.05, 4.69) is 13.2 Å². The van der Waals surface area contributed by atoms with Gasteiger partial charge in [-0.05, 0) is 10.8 Å². The van der Waals surface area contributed by atoms with Gasteiger partial charge in [-0.1, -0.05) is 13.2 Å². The molecule has 15 heavy (non-hydrogen) atoms. The van der Waals surface area contributed by atoms with Crippen molar-refractivity contribution in [2.75, 3.05) is 11.5 Å². The van der Waals surface area contributed by atoms with E-state index in [4.69, 9.17) is 0 Å². The molecule has 0 aliphatic rings. The van der Waals surface area contributed by atoms with Crippen LogP contribution in [0.4, 0.5) is 26.3 Å². The van der Waals surface area contributed by atoms with Crippen LogP contribution in [0, 0.1) is 0 Å². The molecule has 90 valence electrons. The minimum Gasteiger partial charge on any atom is -0.185 e. The molecule has 0 nitrogen and oxygen atoms in total. The number of alkyl halides is 6. The molecule has 0 radical (unpaired) electrons. The minimum absolute atomic E-state index is 0.723. The van der Waals surface area contributed by atoms with E-state index in [1.54, 1.807) is 0 Å². The van der Waals surface area contributed by atoms with E-state index < -0.39 is 33.9 Å². The van der Waals surface area contributed by atoms with Crippen LogP contribution in [0.1, 0.15) is 0 Å². The van der Waals surface area contributed by atoms with Crippen LogP contribution in [-0.2, 0) is 0 Å². The average Bonchev–Trinajstić information content (AvgIpc) is 1.98. The summed E-state index contributed by atoms with van der Waals surface area (Å²) in [6, 6.07) is 0. The molecule has 0 saturated carbocycles. The molecule has 7 heteroatoms. The van der Waals surface area contributed by atoms with Crippen LogP contribution < -0.4 is 0 Å². The first-order valence-electron chi connectivity index (χ1n) is 3.71. The second-order valence-electron chi connectivity index (χ2n) is 2.86. The summed E-state index contributed by atoms with van der Waals surface area (Å²) in [5.41, 5.74) is 0. The van der Waals surface area contributed by atoms with E-state index in [9.17, 15) is 26.3 Å². The van der Waals surface area contributed by atoms with Crippen molar-refractivity contribution in [2.45, 2.75) is 12.4 Å². The van der Waals surface area contributed by atoms with Crippen molar-refractivity contribution in [1.29, 1.82) is 0 Å². The Labute approximate surface area is 85.0 Å². The van der Waals surface area contributed by atoms with Crippen molar-refractivity contribution < 1.29 is 26.3 Å². The van der Waals surface area contributed by atoms with Gasteiger partial charge in [-0.3, -0.25) is 0 Å². The summed E-state index contributed by atoms with van der Waals surface area (Å²) in [5, 5.41) is 1.45. The largest absolute Gasteiger partial charge is 0.396 e. The van der Waals surface area contributed by atoms with Gasteiger partial charge in [-0.2, -0.15) is 36.4 Å². The van der Waals surface area contributed by atoms with E-state index in [-0.39, 0.29) is 0 Å². The van der Waals surface area contributed by atoms with Crippen molar-refractivity contribution in [3.63, 3.8) is 0 Å². The molecule has 0 atom stereocenters. The normalized spacial score (nSPS) is 14.8. The van der Waals surface area contributed by atoms with Gasteiger partial charge in [0.2, 0.25) is 0 Å². The molecule has 0 unspecified atom stereocenters. The highest BCUT2D eigenvalue weighted by atomic mass is 32.3. The van der Waals surface area contributed by atoms with Crippen LogP contribution in [0.25, 0.3) is 0 Å². The molecular weight excluding hydrogens is 242 g/mol. The molecule has 0 aromatic rings. The van der Waals surface area contributed by atoms with E-state index in [0.29, 0.717) is 0 Å². The lowest BCUT2D eigenvalue weighted by Crippen LogP contribution is -2.26. The van der Waals surface area contributed by atoms with Crippen molar-refractivity contribution >= 4 is 10.0 Å². The van der Waals surface area contributed by atoms with E-state index in [0.717, 1.165) is 10.8 Å². The van der Waals surface area contributed by atoms with Gasteiger partial charge in [-0.25, -0.2) is 0 Å². The van der Waals surface area contributed by atoms with E-state index in [1.165, 1.54) is 0 Å². The lowest BCUT2D eigenvalue weighted by molar-refractivity contribution is -0.110. The number of rotatable bonds is 4. The maximum atomic E-state index is 12.1. The predicted molar refractivity (Wildman–Crippen MR) is 49.8 cm³/mol. The Hall–Kier alpha value is -0.590. The molecule has 0 heterocycles. The molecule has 0 bridgehead atoms. The molecule has 0 rings (SSSR count). The fourth-order valence-corrected chi connectivity index (χ4v) is 2.89. The van der Waals surface area contributed by atoms with Crippen LogP contribution in [0.2, 0.25) is 0 Å². The first kappa shape index (κ1) is 14.4. The second kappa shape index (κ2) is 4.51. The van der Waals surface area contributed by atoms with Crippen molar-refractivity contribution in [1.82, 2.24) is 0 Å². The third-order valence-electron chi connectivity index (χ3n) is 1.53. The summed E-state index contributed by atoms with van der Waals surface area (Å²) in [6.07, 6.45) is -9.30. The Morgan fingerprint density at radius 3 is 1.20 bits per heavy atom. The summed E-state index contributed by atoms with van der Waals surface area (Å²) in [6.45, 7) is 6.08. The lowest BCUT2D eigenvalue weighted by Gasteiger charge is -2.34. The fraction of sp³-hybridized carbons (Fsp3) is 0.500. The van der Waals surface area contributed by atoms with Gasteiger partial charge in [0.05, 0.1) is 11.5 Å². The van der Waals surface area contributed by atoms with Gasteiger partial charge in [0, 0.05) is 0 Å². The monoisotopic (exact) mass is 252 g/mol. The molecule has 0 fully saturated rings. The standard InChI is InChI=1S/C8H10F6S/c1-3-15(4-2,5-7(9,10)11)6-8(12,13)14/h3-4H,1-2,5-6H2. The molecule has 0 saturated heterocycles. The van der Waals surface area contributed by atoms with Gasteiger partial charge in [0.1, 0.15) is 0 Å². The summed E-state index contributed by atoms with van der Waals surface area (Å²) >= 11 is 0. The SMILES string of the molecule is C=CS(C=C)(CC(F)(F)F)CC(F)(F)F. The highest BCUT2D eigenvalue weighted by Gasteiger charge is 2.42. The number of hydrogen-bond donors (Lipinski definition) is 0. The average molecular weight is 252 g/mol. The third-order valence-corrected chi connectivity index (χ3v) is 4.59. The molecular formula is C8H10F6S. The number of hydrogen-bond acceptors (Lipinski definition) is 0. The van der Waals surface area contributed by atoms with Crippen LogP contribution in [0.15, 0.2) is 24.0 Å². The van der Waals surface area contributed by atoms with Gasteiger partial charge in [-0.15, -0.1) is 0 Å². The van der Waals surface area contributed by atoms with Crippen LogP contribution >= 0.6 is 10.0 Å². The Kier molecular flexibility index (Phi) is 4.33. The Balaban J connectivity index is 4.90. The van der Waals surface area contributed by atoms with Gasteiger partial charge >= 0.3 is 12.4 Å².